The molecule has 1 saturated heterocycles. The second-order valence-electron chi connectivity index (χ2n) is 7.86. The van der Waals surface area contributed by atoms with Gasteiger partial charge in [0.1, 0.15) is 17.9 Å². The summed E-state index contributed by atoms with van der Waals surface area (Å²) < 4.78 is 17.2. The lowest BCUT2D eigenvalue weighted by atomic mass is 9.83. The van der Waals surface area contributed by atoms with E-state index in [1.54, 1.807) is 6.92 Å². The average molecular weight is 453 g/mol. The van der Waals surface area contributed by atoms with Crippen molar-refractivity contribution in [1.82, 2.24) is 4.90 Å². The zero-order valence-corrected chi connectivity index (χ0v) is 17.8. The van der Waals surface area contributed by atoms with E-state index in [-0.39, 0.29) is 29.5 Å². The van der Waals surface area contributed by atoms with Crippen LogP contribution in [0.3, 0.4) is 0 Å². The number of rotatable bonds is 5. The molecule has 2 aliphatic heterocycles. The second-order valence-corrected chi connectivity index (χ2v) is 7.86. The predicted molar refractivity (Wildman–Crippen MR) is 116 cm³/mol. The van der Waals surface area contributed by atoms with E-state index in [0.29, 0.717) is 13.2 Å². The van der Waals surface area contributed by atoms with Crippen LogP contribution in [0.5, 0.6) is 5.75 Å². The van der Waals surface area contributed by atoms with Crippen molar-refractivity contribution >= 4 is 11.6 Å². The molecular formula is C22H23N5O6. The van der Waals surface area contributed by atoms with Gasteiger partial charge >= 0.3 is 0 Å². The SMILES string of the molecule is CC1(C2OCCO2)Oc2ccc([N+](=O)[O-])cc2C(N(C#N)C(N)=NCc2ccccc2)C1O. The van der Waals surface area contributed by atoms with Gasteiger partial charge in [0.25, 0.3) is 5.69 Å². The fourth-order valence-corrected chi connectivity index (χ4v) is 4.00. The van der Waals surface area contributed by atoms with Gasteiger partial charge in [-0.2, -0.15) is 5.26 Å². The largest absolute Gasteiger partial charge is 0.479 e. The summed E-state index contributed by atoms with van der Waals surface area (Å²) in [6.07, 6.45) is -0.351. The fourth-order valence-electron chi connectivity index (χ4n) is 4.00. The highest BCUT2D eigenvalue weighted by Gasteiger charge is 2.56. The highest BCUT2D eigenvalue weighted by Crippen LogP contribution is 2.46. The zero-order valence-electron chi connectivity index (χ0n) is 17.8. The Kier molecular flexibility index (Phi) is 6.15. The van der Waals surface area contributed by atoms with E-state index in [1.807, 2.05) is 36.5 Å². The average Bonchev–Trinajstić information content (AvgIpc) is 3.37. The van der Waals surface area contributed by atoms with Crippen LogP contribution in [0.15, 0.2) is 53.5 Å². The number of benzene rings is 2. The van der Waals surface area contributed by atoms with Gasteiger partial charge in [-0.05, 0) is 18.6 Å². The molecule has 2 aromatic carbocycles. The minimum absolute atomic E-state index is 0.152. The van der Waals surface area contributed by atoms with Crippen molar-refractivity contribution in [3.63, 3.8) is 0 Å². The maximum absolute atomic E-state index is 11.4. The van der Waals surface area contributed by atoms with Crippen molar-refractivity contribution in [2.24, 2.45) is 10.7 Å². The van der Waals surface area contributed by atoms with Gasteiger partial charge < -0.3 is 25.1 Å². The number of nitriles is 1. The van der Waals surface area contributed by atoms with E-state index in [1.165, 1.54) is 18.2 Å². The molecule has 3 N–H and O–H groups in total. The number of non-ortho nitro benzene ring substituents is 1. The van der Waals surface area contributed by atoms with E-state index in [4.69, 9.17) is 19.9 Å². The van der Waals surface area contributed by atoms with Crippen LogP contribution < -0.4 is 10.5 Å². The smallest absolute Gasteiger partial charge is 0.270 e. The molecule has 2 aromatic rings. The van der Waals surface area contributed by atoms with E-state index >= 15 is 0 Å². The molecule has 0 amide bonds. The van der Waals surface area contributed by atoms with Gasteiger partial charge in [0.15, 0.2) is 18.1 Å². The number of aliphatic imine (C=N–C) groups is 1. The monoisotopic (exact) mass is 453 g/mol. The van der Waals surface area contributed by atoms with E-state index < -0.39 is 29.0 Å². The Bertz CT molecular complexity index is 1100. The van der Waals surface area contributed by atoms with Gasteiger partial charge in [0.2, 0.25) is 5.96 Å². The summed E-state index contributed by atoms with van der Waals surface area (Å²) in [6, 6.07) is 12.1. The second kappa shape index (κ2) is 9.03. The third-order valence-corrected chi connectivity index (χ3v) is 5.73. The summed E-state index contributed by atoms with van der Waals surface area (Å²) in [5.74, 6) is 0.0916. The Labute approximate surface area is 189 Å². The molecule has 4 rings (SSSR count). The van der Waals surface area contributed by atoms with Crippen molar-refractivity contribution in [3.05, 3.63) is 69.8 Å². The van der Waals surface area contributed by atoms with Gasteiger partial charge in [-0.3, -0.25) is 10.1 Å². The number of nitro benzene ring substituents is 1. The number of nitrogens with zero attached hydrogens (tertiary/aromatic N) is 4. The van der Waals surface area contributed by atoms with Crippen LogP contribution in [0.1, 0.15) is 24.1 Å². The predicted octanol–water partition coefficient (Wildman–Crippen LogP) is 1.82. The van der Waals surface area contributed by atoms with Gasteiger partial charge in [0, 0.05) is 17.7 Å². The number of nitrogens with two attached hydrogens (primary N) is 1. The Balaban J connectivity index is 1.76. The van der Waals surface area contributed by atoms with Crippen LogP contribution >= 0.6 is 0 Å². The molecule has 3 unspecified atom stereocenters. The molecule has 0 radical (unpaired) electrons. The topological polar surface area (TPSA) is 156 Å². The van der Waals surface area contributed by atoms with Crippen molar-refractivity contribution in [1.29, 1.82) is 5.26 Å². The Morgan fingerprint density at radius 2 is 2.03 bits per heavy atom. The summed E-state index contributed by atoms with van der Waals surface area (Å²) in [7, 11) is 0. The molecule has 3 atom stereocenters. The first-order valence-electron chi connectivity index (χ1n) is 10.3. The van der Waals surface area contributed by atoms with Crippen molar-refractivity contribution < 1.29 is 24.2 Å². The Morgan fingerprint density at radius 3 is 2.67 bits per heavy atom. The molecule has 172 valence electrons. The third kappa shape index (κ3) is 4.19. The molecular weight excluding hydrogens is 430 g/mol. The molecule has 33 heavy (non-hydrogen) atoms. The van der Waals surface area contributed by atoms with Gasteiger partial charge in [-0.25, -0.2) is 9.89 Å². The van der Waals surface area contributed by atoms with E-state index in [9.17, 15) is 20.5 Å². The van der Waals surface area contributed by atoms with Gasteiger partial charge in [0.05, 0.1) is 24.7 Å². The van der Waals surface area contributed by atoms with Crippen LogP contribution in [-0.4, -0.2) is 52.1 Å². The number of hydrogen-bond acceptors (Lipinski definition) is 8. The van der Waals surface area contributed by atoms with Crippen LogP contribution in [0.25, 0.3) is 0 Å². The molecule has 0 spiro atoms. The highest BCUT2D eigenvalue weighted by atomic mass is 16.7. The summed E-state index contributed by atoms with van der Waals surface area (Å²) in [6.45, 7) is 2.43. The highest BCUT2D eigenvalue weighted by molar-refractivity contribution is 5.80. The van der Waals surface area contributed by atoms with Gasteiger partial charge in [-0.1, -0.05) is 30.3 Å². The first kappa shape index (κ1) is 22.5. The number of guanidine groups is 1. The molecule has 2 aliphatic rings. The lowest BCUT2D eigenvalue weighted by Crippen LogP contribution is -2.62. The number of hydrogen-bond donors (Lipinski definition) is 2. The number of aliphatic hydroxyl groups excluding tert-OH is 1. The lowest BCUT2D eigenvalue weighted by molar-refractivity contribution is -0.385. The Hall–Kier alpha value is -3.72. The number of nitro groups is 1. The maximum Gasteiger partial charge on any atom is 0.270 e. The van der Waals surface area contributed by atoms with Crippen LogP contribution in [0, 0.1) is 21.6 Å². The zero-order chi connectivity index (χ0) is 23.6. The minimum atomic E-state index is -1.42. The quantitative estimate of drug-likeness (QED) is 0.172. The molecule has 0 bridgehead atoms. The first-order chi connectivity index (χ1) is 15.8. The molecule has 0 saturated carbocycles. The normalized spacial score (nSPS) is 25.1. The summed E-state index contributed by atoms with van der Waals surface area (Å²) in [4.78, 5) is 16.1. The third-order valence-electron chi connectivity index (χ3n) is 5.73. The van der Waals surface area contributed by atoms with Gasteiger partial charge in [-0.15, -0.1) is 0 Å². The molecule has 11 nitrogen and oxygen atoms in total. The molecule has 2 heterocycles. The summed E-state index contributed by atoms with van der Waals surface area (Å²) >= 11 is 0. The fraction of sp³-hybridized carbons (Fsp3) is 0.364. The summed E-state index contributed by atoms with van der Waals surface area (Å²) in [5, 5.41) is 32.8. The lowest BCUT2D eigenvalue weighted by Gasteiger charge is -2.47. The molecule has 0 aliphatic carbocycles. The maximum atomic E-state index is 11.4. The number of ether oxygens (including phenoxy) is 3. The standard InChI is InChI=1S/C22H23N5O6/c1-22(20-31-9-10-32-20)19(28)18(16-11-15(27(29)30)7-8-17(16)33-22)26(13-23)21(24)25-12-14-5-3-2-4-6-14/h2-8,11,18-20,28H,9-10,12H2,1H3,(H2,24,25). The van der Waals surface area contributed by atoms with Crippen LogP contribution in [0.2, 0.25) is 0 Å². The molecule has 1 fully saturated rings. The van der Waals surface area contributed by atoms with Crippen LogP contribution in [0.4, 0.5) is 5.69 Å². The van der Waals surface area contributed by atoms with E-state index in [2.05, 4.69) is 4.99 Å². The number of aliphatic hydroxyl groups is 1. The van der Waals surface area contributed by atoms with Crippen LogP contribution in [-0.2, 0) is 16.0 Å². The van der Waals surface area contributed by atoms with Crippen molar-refractivity contribution in [2.75, 3.05) is 13.2 Å². The molecule has 0 aromatic heterocycles. The van der Waals surface area contributed by atoms with Crippen molar-refractivity contribution in [3.8, 4) is 11.9 Å². The molecule has 11 heteroatoms. The first-order valence-corrected chi connectivity index (χ1v) is 10.3. The van der Waals surface area contributed by atoms with E-state index in [0.717, 1.165) is 10.5 Å². The van der Waals surface area contributed by atoms with Crippen molar-refractivity contribution in [2.45, 2.75) is 37.5 Å². The summed E-state index contributed by atoms with van der Waals surface area (Å²) in [5.41, 5.74) is 5.64. The Morgan fingerprint density at radius 1 is 1.33 bits per heavy atom. The number of fused-ring (bicyclic) bond motifs is 1. The minimum Gasteiger partial charge on any atom is -0.479 e.